The molecule has 3 unspecified atom stereocenters. The van der Waals surface area contributed by atoms with E-state index in [1.165, 1.54) is 48.1 Å². The molecule has 0 aliphatic heterocycles. The Labute approximate surface area is 126 Å². The maximum Gasteiger partial charge on any atom is 0.129 e. The number of hydrogen-bond acceptors (Lipinski definition) is 2. The Bertz CT molecular complexity index is 686. The van der Waals surface area contributed by atoms with Crippen molar-refractivity contribution in [2.24, 2.45) is 18.9 Å². The molecule has 3 atom stereocenters. The summed E-state index contributed by atoms with van der Waals surface area (Å²) in [5, 5.41) is 4.81. The highest BCUT2D eigenvalue weighted by Gasteiger charge is 2.42. The van der Waals surface area contributed by atoms with Gasteiger partial charge in [-0.05, 0) is 43.6 Å². The molecule has 110 valence electrons. The average Bonchev–Trinajstić information content (AvgIpc) is 3.14. The molecule has 2 N–H and O–H groups in total. The Balaban J connectivity index is 1.83. The first-order valence-corrected chi connectivity index (χ1v) is 8.03. The molecule has 2 aliphatic rings. The van der Waals surface area contributed by atoms with E-state index in [0.717, 1.165) is 17.7 Å². The lowest BCUT2D eigenvalue weighted by atomic mass is 9.83. The van der Waals surface area contributed by atoms with Gasteiger partial charge in [0.15, 0.2) is 0 Å². The predicted molar refractivity (Wildman–Crippen MR) is 86.0 cm³/mol. The molecule has 3 nitrogen and oxygen atoms in total. The fourth-order valence-electron chi connectivity index (χ4n) is 4.49. The second kappa shape index (κ2) is 4.62. The van der Waals surface area contributed by atoms with Crippen molar-refractivity contribution in [2.45, 2.75) is 38.5 Å². The van der Waals surface area contributed by atoms with Gasteiger partial charge in [-0.3, -0.25) is 4.68 Å². The van der Waals surface area contributed by atoms with Crippen molar-refractivity contribution in [1.29, 1.82) is 0 Å². The van der Waals surface area contributed by atoms with E-state index >= 15 is 0 Å². The molecule has 2 fully saturated rings. The van der Waals surface area contributed by atoms with Gasteiger partial charge in [0.1, 0.15) is 5.82 Å². The largest absolute Gasteiger partial charge is 0.383 e. The predicted octanol–water partition coefficient (Wildman–Crippen LogP) is 3.88. The average molecular weight is 281 g/mol. The lowest BCUT2D eigenvalue weighted by Crippen LogP contribution is -2.10. The molecule has 1 aromatic heterocycles. The number of nitrogens with zero attached hydrogens (tertiary/aromatic N) is 2. The van der Waals surface area contributed by atoms with Crippen LogP contribution >= 0.6 is 0 Å². The van der Waals surface area contributed by atoms with Crippen LogP contribution in [0.5, 0.6) is 0 Å². The van der Waals surface area contributed by atoms with Gasteiger partial charge >= 0.3 is 0 Å². The van der Waals surface area contributed by atoms with E-state index in [-0.39, 0.29) is 0 Å². The molecule has 0 spiro atoms. The minimum absolute atomic E-state index is 0.614. The smallest absolute Gasteiger partial charge is 0.129 e. The number of benzene rings is 1. The summed E-state index contributed by atoms with van der Waals surface area (Å²) in [6.07, 6.45) is 5.50. The summed E-state index contributed by atoms with van der Waals surface area (Å²) in [7, 11) is 1.96. The highest BCUT2D eigenvalue weighted by molar-refractivity contribution is 5.77. The van der Waals surface area contributed by atoms with E-state index in [2.05, 4.69) is 31.2 Å². The van der Waals surface area contributed by atoms with Crippen LogP contribution in [0.1, 0.15) is 42.9 Å². The zero-order valence-electron chi connectivity index (χ0n) is 12.8. The van der Waals surface area contributed by atoms with Gasteiger partial charge in [-0.2, -0.15) is 5.10 Å². The quantitative estimate of drug-likeness (QED) is 0.907. The standard InChI is InChI=1S/C18H23N3/c1-11-4-3-5-14(8-11)16-17(20-21(2)18(16)19)15-10-12-6-7-13(15)9-12/h3-5,8,12-13,15H,6-7,9-10,19H2,1-2H3. The van der Waals surface area contributed by atoms with Crippen molar-refractivity contribution in [3.8, 4) is 11.1 Å². The third-order valence-corrected chi connectivity index (χ3v) is 5.51. The summed E-state index contributed by atoms with van der Waals surface area (Å²) in [6, 6.07) is 8.64. The van der Waals surface area contributed by atoms with Crippen molar-refractivity contribution >= 4 is 5.82 Å². The maximum absolute atomic E-state index is 6.35. The van der Waals surface area contributed by atoms with Crippen LogP contribution in [0.3, 0.4) is 0 Å². The number of nitrogens with two attached hydrogens (primary N) is 1. The molecule has 21 heavy (non-hydrogen) atoms. The second-order valence-corrected chi connectivity index (χ2v) is 6.92. The Hall–Kier alpha value is -1.77. The second-order valence-electron chi connectivity index (χ2n) is 6.92. The lowest BCUT2D eigenvalue weighted by Gasteiger charge is -2.21. The molecule has 2 aliphatic carbocycles. The summed E-state index contributed by atoms with van der Waals surface area (Å²) in [4.78, 5) is 0. The van der Waals surface area contributed by atoms with Crippen LogP contribution in [0.25, 0.3) is 11.1 Å². The van der Waals surface area contributed by atoms with E-state index < -0.39 is 0 Å². The van der Waals surface area contributed by atoms with Gasteiger partial charge in [-0.1, -0.05) is 36.2 Å². The van der Waals surface area contributed by atoms with Crippen molar-refractivity contribution in [2.75, 3.05) is 5.73 Å². The number of anilines is 1. The molecule has 2 bridgehead atoms. The minimum Gasteiger partial charge on any atom is -0.383 e. The molecular formula is C18H23N3. The van der Waals surface area contributed by atoms with Gasteiger partial charge in [0.25, 0.3) is 0 Å². The fourth-order valence-corrected chi connectivity index (χ4v) is 4.49. The zero-order chi connectivity index (χ0) is 14.6. The normalized spacial score (nSPS) is 27.4. The molecule has 0 radical (unpaired) electrons. The van der Waals surface area contributed by atoms with Gasteiger partial charge in [0.2, 0.25) is 0 Å². The molecule has 0 amide bonds. The van der Waals surface area contributed by atoms with Crippen molar-refractivity contribution in [3.63, 3.8) is 0 Å². The van der Waals surface area contributed by atoms with Crippen LogP contribution in [-0.2, 0) is 7.05 Å². The first kappa shape index (κ1) is 12.9. The fraction of sp³-hybridized carbons (Fsp3) is 0.500. The Kier molecular flexibility index (Phi) is 2.84. The summed E-state index contributed by atoms with van der Waals surface area (Å²) < 4.78 is 1.86. The monoisotopic (exact) mass is 281 g/mol. The molecule has 0 saturated heterocycles. The molecule has 1 aromatic carbocycles. The lowest BCUT2D eigenvalue weighted by molar-refractivity contribution is 0.411. The van der Waals surface area contributed by atoms with Crippen molar-refractivity contribution in [3.05, 3.63) is 35.5 Å². The summed E-state index contributed by atoms with van der Waals surface area (Å²) in [5.41, 5.74) is 11.3. The molecule has 2 saturated carbocycles. The van der Waals surface area contributed by atoms with Crippen molar-refractivity contribution in [1.82, 2.24) is 9.78 Å². The third-order valence-electron chi connectivity index (χ3n) is 5.51. The van der Waals surface area contributed by atoms with Crippen molar-refractivity contribution < 1.29 is 0 Å². The third kappa shape index (κ3) is 1.98. The maximum atomic E-state index is 6.35. The van der Waals surface area contributed by atoms with Crippen LogP contribution in [0.4, 0.5) is 5.82 Å². The van der Waals surface area contributed by atoms with E-state index in [1.54, 1.807) is 0 Å². The minimum atomic E-state index is 0.614. The Morgan fingerprint density at radius 1 is 1.24 bits per heavy atom. The molecule has 1 heterocycles. The van der Waals surface area contributed by atoms with Crippen LogP contribution in [0, 0.1) is 18.8 Å². The van der Waals surface area contributed by atoms with E-state index in [1.807, 2.05) is 11.7 Å². The Morgan fingerprint density at radius 3 is 2.76 bits per heavy atom. The first-order valence-electron chi connectivity index (χ1n) is 8.03. The molecule has 2 aromatic rings. The van der Waals surface area contributed by atoms with Gasteiger partial charge in [0.05, 0.1) is 5.69 Å². The van der Waals surface area contributed by atoms with E-state index in [4.69, 9.17) is 10.8 Å². The van der Waals surface area contributed by atoms with Crippen LogP contribution in [0.15, 0.2) is 24.3 Å². The number of rotatable bonds is 2. The number of hydrogen-bond donors (Lipinski definition) is 1. The number of nitrogen functional groups attached to an aromatic ring is 1. The van der Waals surface area contributed by atoms with E-state index in [9.17, 15) is 0 Å². The van der Waals surface area contributed by atoms with Gasteiger partial charge in [-0.25, -0.2) is 0 Å². The topological polar surface area (TPSA) is 43.8 Å². The Morgan fingerprint density at radius 2 is 2.10 bits per heavy atom. The first-order chi connectivity index (χ1) is 10.1. The highest BCUT2D eigenvalue weighted by atomic mass is 15.3. The summed E-state index contributed by atoms with van der Waals surface area (Å²) in [6.45, 7) is 2.13. The van der Waals surface area contributed by atoms with Crippen LogP contribution in [0.2, 0.25) is 0 Å². The van der Waals surface area contributed by atoms with Gasteiger partial charge < -0.3 is 5.73 Å². The number of aryl methyl sites for hydroxylation is 2. The molecular weight excluding hydrogens is 258 g/mol. The SMILES string of the molecule is Cc1cccc(-c2c(C3CC4CCC3C4)nn(C)c2N)c1. The van der Waals surface area contributed by atoms with Gasteiger partial charge in [-0.15, -0.1) is 0 Å². The zero-order valence-corrected chi connectivity index (χ0v) is 12.8. The van der Waals surface area contributed by atoms with Crippen LogP contribution < -0.4 is 5.73 Å². The van der Waals surface area contributed by atoms with Gasteiger partial charge in [0, 0.05) is 18.5 Å². The number of fused-ring (bicyclic) bond motifs is 2. The van der Waals surface area contributed by atoms with E-state index in [0.29, 0.717) is 5.92 Å². The molecule has 3 heteroatoms. The van der Waals surface area contributed by atoms with Crippen LogP contribution in [-0.4, -0.2) is 9.78 Å². The summed E-state index contributed by atoms with van der Waals surface area (Å²) >= 11 is 0. The highest BCUT2D eigenvalue weighted by Crippen LogP contribution is 2.54. The summed E-state index contributed by atoms with van der Waals surface area (Å²) in [5.74, 6) is 3.17. The number of aromatic nitrogens is 2. The molecule has 4 rings (SSSR count).